The predicted molar refractivity (Wildman–Crippen MR) is 58.0 cm³/mol. The standard InChI is InChI=1S/C11H24N2/c1-12-9-5-3-4-6-10-13(2)11-7-8-11/h11-12H,3-10H2,1-2H3. The van der Waals surface area contributed by atoms with Gasteiger partial charge in [0.05, 0.1) is 0 Å². The third-order valence-electron chi connectivity index (χ3n) is 2.86. The van der Waals surface area contributed by atoms with Crippen LogP contribution in [-0.2, 0) is 0 Å². The van der Waals surface area contributed by atoms with Crippen molar-refractivity contribution in [2.24, 2.45) is 0 Å². The van der Waals surface area contributed by atoms with Crippen molar-refractivity contribution in [1.29, 1.82) is 0 Å². The first-order valence-corrected chi connectivity index (χ1v) is 5.69. The smallest absolute Gasteiger partial charge is 0.00933 e. The van der Waals surface area contributed by atoms with Crippen LogP contribution in [0.25, 0.3) is 0 Å². The van der Waals surface area contributed by atoms with Gasteiger partial charge in [-0.25, -0.2) is 0 Å². The average Bonchev–Trinajstić information content (AvgIpc) is 2.93. The Morgan fingerprint density at radius 2 is 1.85 bits per heavy atom. The second kappa shape index (κ2) is 6.39. The molecule has 0 aromatic heterocycles. The fourth-order valence-electron chi connectivity index (χ4n) is 1.71. The molecule has 0 spiro atoms. The predicted octanol–water partition coefficient (Wildman–Crippen LogP) is 1.86. The Labute approximate surface area is 82.7 Å². The van der Waals surface area contributed by atoms with Crippen LogP contribution in [0.1, 0.15) is 38.5 Å². The average molecular weight is 184 g/mol. The zero-order chi connectivity index (χ0) is 9.52. The fraction of sp³-hybridized carbons (Fsp3) is 1.00. The summed E-state index contributed by atoms with van der Waals surface area (Å²) >= 11 is 0. The van der Waals surface area contributed by atoms with E-state index in [2.05, 4.69) is 17.3 Å². The third kappa shape index (κ3) is 5.27. The Morgan fingerprint density at radius 3 is 2.46 bits per heavy atom. The van der Waals surface area contributed by atoms with Crippen LogP contribution in [0.4, 0.5) is 0 Å². The second-order valence-corrected chi connectivity index (χ2v) is 4.23. The molecule has 1 N–H and O–H groups in total. The molecule has 1 aliphatic carbocycles. The second-order valence-electron chi connectivity index (χ2n) is 4.23. The minimum Gasteiger partial charge on any atom is -0.320 e. The Morgan fingerprint density at radius 1 is 1.15 bits per heavy atom. The monoisotopic (exact) mass is 184 g/mol. The number of nitrogens with zero attached hydrogens (tertiary/aromatic N) is 1. The maximum Gasteiger partial charge on any atom is 0.00933 e. The van der Waals surface area contributed by atoms with Crippen molar-refractivity contribution in [3.63, 3.8) is 0 Å². The van der Waals surface area contributed by atoms with Gasteiger partial charge in [0.25, 0.3) is 0 Å². The van der Waals surface area contributed by atoms with Gasteiger partial charge in [0.15, 0.2) is 0 Å². The van der Waals surface area contributed by atoms with Gasteiger partial charge in [-0.3, -0.25) is 0 Å². The maximum atomic E-state index is 3.19. The highest BCUT2D eigenvalue weighted by Gasteiger charge is 2.25. The van der Waals surface area contributed by atoms with Gasteiger partial charge in [0.2, 0.25) is 0 Å². The minimum absolute atomic E-state index is 0.942. The highest BCUT2D eigenvalue weighted by molar-refractivity contribution is 4.81. The zero-order valence-corrected chi connectivity index (χ0v) is 9.18. The quantitative estimate of drug-likeness (QED) is 0.579. The van der Waals surface area contributed by atoms with E-state index in [1.54, 1.807) is 0 Å². The lowest BCUT2D eigenvalue weighted by Crippen LogP contribution is -2.21. The van der Waals surface area contributed by atoms with Crippen LogP contribution in [0.5, 0.6) is 0 Å². The van der Waals surface area contributed by atoms with Crippen LogP contribution in [0, 0.1) is 0 Å². The van der Waals surface area contributed by atoms with Gasteiger partial charge in [0, 0.05) is 6.04 Å². The molecule has 0 aromatic rings. The molecule has 2 heteroatoms. The van der Waals surface area contributed by atoms with Gasteiger partial charge in [-0.1, -0.05) is 12.8 Å². The first-order chi connectivity index (χ1) is 6.34. The van der Waals surface area contributed by atoms with Gasteiger partial charge < -0.3 is 10.2 Å². The molecule has 13 heavy (non-hydrogen) atoms. The SMILES string of the molecule is CNCCCCCCN(C)C1CC1. The molecular weight excluding hydrogens is 160 g/mol. The summed E-state index contributed by atoms with van der Waals surface area (Å²) in [6, 6.07) is 0.942. The molecule has 0 bridgehead atoms. The molecule has 0 amide bonds. The van der Waals surface area contributed by atoms with Crippen molar-refractivity contribution in [3.8, 4) is 0 Å². The minimum atomic E-state index is 0.942. The Balaban J connectivity index is 1.77. The van der Waals surface area contributed by atoms with Crippen LogP contribution in [0.15, 0.2) is 0 Å². The molecular formula is C11H24N2. The summed E-state index contributed by atoms with van der Waals surface area (Å²) in [7, 11) is 4.30. The highest BCUT2D eigenvalue weighted by atomic mass is 15.1. The van der Waals surface area contributed by atoms with Crippen LogP contribution in [-0.4, -0.2) is 38.1 Å². The molecule has 1 fully saturated rings. The van der Waals surface area contributed by atoms with E-state index in [0.29, 0.717) is 0 Å². The van der Waals surface area contributed by atoms with Gasteiger partial charge in [-0.2, -0.15) is 0 Å². The number of nitrogens with one attached hydrogen (secondary N) is 1. The lowest BCUT2D eigenvalue weighted by Gasteiger charge is -2.14. The van der Waals surface area contributed by atoms with Gasteiger partial charge in [0.1, 0.15) is 0 Å². The van der Waals surface area contributed by atoms with E-state index in [4.69, 9.17) is 0 Å². The van der Waals surface area contributed by atoms with E-state index in [1.165, 1.54) is 51.6 Å². The summed E-state index contributed by atoms with van der Waals surface area (Å²) in [6.45, 7) is 2.49. The van der Waals surface area contributed by atoms with Crippen molar-refractivity contribution in [3.05, 3.63) is 0 Å². The third-order valence-corrected chi connectivity index (χ3v) is 2.86. The summed E-state index contributed by atoms with van der Waals surface area (Å²) in [4.78, 5) is 2.53. The molecule has 0 atom stereocenters. The van der Waals surface area contributed by atoms with Crippen molar-refractivity contribution in [1.82, 2.24) is 10.2 Å². The maximum absolute atomic E-state index is 3.19. The van der Waals surface area contributed by atoms with Crippen LogP contribution < -0.4 is 5.32 Å². The normalized spacial score (nSPS) is 16.8. The van der Waals surface area contributed by atoms with Gasteiger partial charge in [-0.15, -0.1) is 0 Å². The van der Waals surface area contributed by atoms with E-state index in [9.17, 15) is 0 Å². The van der Waals surface area contributed by atoms with E-state index in [0.717, 1.165) is 6.04 Å². The Bertz CT molecular complexity index is 121. The molecule has 0 aliphatic heterocycles. The number of hydrogen-bond acceptors (Lipinski definition) is 2. The zero-order valence-electron chi connectivity index (χ0n) is 9.18. The summed E-state index contributed by atoms with van der Waals surface area (Å²) < 4.78 is 0. The van der Waals surface area contributed by atoms with Gasteiger partial charge >= 0.3 is 0 Å². The van der Waals surface area contributed by atoms with Crippen LogP contribution in [0.2, 0.25) is 0 Å². The molecule has 0 aromatic carbocycles. The molecule has 78 valence electrons. The molecule has 0 saturated heterocycles. The molecule has 2 nitrogen and oxygen atoms in total. The topological polar surface area (TPSA) is 15.3 Å². The summed E-state index contributed by atoms with van der Waals surface area (Å²) in [5, 5.41) is 3.19. The van der Waals surface area contributed by atoms with Crippen LogP contribution in [0.3, 0.4) is 0 Å². The largest absolute Gasteiger partial charge is 0.320 e. The fourth-order valence-corrected chi connectivity index (χ4v) is 1.71. The number of hydrogen-bond donors (Lipinski definition) is 1. The van der Waals surface area contributed by atoms with Crippen molar-refractivity contribution in [2.75, 3.05) is 27.2 Å². The van der Waals surface area contributed by atoms with Crippen molar-refractivity contribution >= 4 is 0 Å². The van der Waals surface area contributed by atoms with E-state index in [1.807, 2.05) is 7.05 Å². The van der Waals surface area contributed by atoms with Crippen molar-refractivity contribution < 1.29 is 0 Å². The lowest BCUT2D eigenvalue weighted by atomic mass is 10.2. The molecule has 0 heterocycles. The van der Waals surface area contributed by atoms with E-state index >= 15 is 0 Å². The van der Waals surface area contributed by atoms with E-state index in [-0.39, 0.29) is 0 Å². The van der Waals surface area contributed by atoms with Crippen LogP contribution >= 0.6 is 0 Å². The number of unbranched alkanes of at least 4 members (excludes halogenated alkanes) is 3. The summed E-state index contributed by atoms with van der Waals surface area (Å²) in [5.41, 5.74) is 0. The first kappa shape index (κ1) is 11.0. The molecule has 1 saturated carbocycles. The first-order valence-electron chi connectivity index (χ1n) is 5.69. The summed E-state index contributed by atoms with van der Waals surface area (Å²) in [6.07, 6.45) is 8.39. The lowest BCUT2D eigenvalue weighted by molar-refractivity contribution is 0.314. The molecule has 1 rings (SSSR count). The molecule has 0 unspecified atom stereocenters. The molecule has 0 radical (unpaired) electrons. The Hall–Kier alpha value is -0.0800. The molecule has 1 aliphatic rings. The number of rotatable bonds is 8. The van der Waals surface area contributed by atoms with Crippen molar-refractivity contribution in [2.45, 2.75) is 44.6 Å². The Kier molecular flexibility index (Phi) is 5.40. The van der Waals surface area contributed by atoms with E-state index < -0.39 is 0 Å². The highest BCUT2D eigenvalue weighted by Crippen LogP contribution is 2.25. The van der Waals surface area contributed by atoms with Gasteiger partial charge in [-0.05, 0) is 52.9 Å². The summed E-state index contributed by atoms with van der Waals surface area (Å²) in [5.74, 6) is 0.